The molecule has 0 bridgehead atoms. The van der Waals surface area contributed by atoms with Crippen LogP contribution in [0.4, 0.5) is 15.9 Å². The highest BCUT2D eigenvalue weighted by atomic mass is 19.1. The zero-order valence-corrected chi connectivity index (χ0v) is 25.6. The minimum Gasteiger partial charge on any atom is -0.494 e. The Hall–Kier alpha value is -4.92. The van der Waals surface area contributed by atoms with Gasteiger partial charge in [0.05, 0.1) is 23.5 Å². The lowest BCUT2D eigenvalue weighted by Gasteiger charge is -2.19. The number of halogens is 1. The fourth-order valence-electron chi connectivity index (χ4n) is 5.68. The molecular formula is C36H38FN3O5. The van der Waals surface area contributed by atoms with Gasteiger partial charge in [-0.15, -0.1) is 0 Å². The first-order valence-corrected chi connectivity index (χ1v) is 15.4. The third kappa shape index (κ3) is 7.25. The topological polar surface area (TPSA) is 113 Å². The molecule has 3 N–H and O–H groups in total. The molecule has 4 aromatic rings. The monoisotopic (exact) mass is 611 g/mol. The highest BCUT2D eigenvalue weighted by molar-refractivity contribution is 6.11. The first-order valence-electron chi connectivity index (χ1n) is 15.4. The number of nitrogens with zero attached hydrogens (tertiary/aromatic N) is 1. The largest absolute Gasteiger partial charge is 0.494 e. The summed E-state index contributed by atoms with van der Waals surface area (Å²) in [6.45, 7) is 4.42. The van der Waals surface area contributed by atoms with Gasteiger partial charge in [0.15, 0.2) is 11.5 Å². The fourth-order valence-corrected chi connectivity index (χ4v) is 5.68. The number of pyridine rings is 1. The van der Waals surface area contributed by atoms with Crippen LogP contribution in [0.3, 0.4) is 0 Å². The van der Waals surface area contributed by atoms with Crippen molar-refractivity contribution in [3.05, 3.63) is 111 Å². The molecule has 0 spiro atoms. The molecule has 1 heterocycles. The third-order valence-corrected chi connectivity index (χ3v) is 8.14. The molecule has 234 valence electrons. The average Bonchev–Trinajstić information content (AvgIpc) is 3.58. The quantitative estimate of drug-likeness (QED) is 0.0771. The van der Waals surface area contributed by atoms with Crippen molar-refractivity contribution in [3.63, 3.8) is 0 Å². The second kappa shape index (κ2) is 14.2. The first kappa shape index (κ1) is 31.5. The molecule has 9 heteroatoms. The molecule has 5 rings (SSSR count). The number of esters is 1. The van der Waals surface area contributed by atoms with Gasteiger partial charge in [0.1, 0.15) is 17.4 Å². The SMILES string of the molecule is CCC(=O)Oc1c(NCCCOc2ccc(-n3c(N)c(C(=O)c4ccc(F)c(C)c4)ccc3=O)cc2)cccc1C1CCCC1. The van der Waals surface area contributed by atoms with E-state index in [9.17, 15) is 18.8 Å². The van der Waals surface area contributed by atoms with Crippen LogP contribution in [0.2, 0.25) is 0 Å². The summed E-state index contributed by atoms with van der Waals surface area (Å²) in [6.07, 6.45) is 5.59. The number of aryl methyl sites for hydroxylation is 1. The number of carbonyl (C=O) groups is 2. The van der Waals surface area contributed by atoms with E-state index in [1.54, 1.807) is 38.1 Å². The van der Waals surface area contributed by atoms with Gasteiger partial charge in [-0.3, -0.25) is 19.0 Å². The van der Waals surface area contributed by atoms with E-state index in [-0.39, 0.29) is 28.5 Å². The highest BCUT2D eigenvalue weighted by Gasteiger charge is 2.24. The molecule has 0 radical (unpaired) electrons. The van der Waals surface area contributed by atoms with E-state index >= 15 is 0 Å². The fraction of sp³-hybridized carbons (Fsp3) is 0.306. The maximum absolute atomic E-state index is 13.7. The van der Waals surface area contributed by atoms with Crippen LogP contribution in [-0.2, 0) is 4.79 Å². The second-order valence-corrected chi connectivity index (χ2v) is 11.3. The Labute approximate surface area is 262 Å². The van der Waals surface area contributed by atoms with Crippen molar-refractivity contribution in [2.75, 3.05) is 24.2 Å². The predicted molar refractivity (Wildman–Crippen MR) is 173 cm³/mol. The van der Waals surface area contributed by atoms with Gasteiger partial charge in [-0.05, 0) is 92.3 Å². The summed E-state index contributed by atoms with van der Waals surface area (Å²) in [5.74, 6) is 0.595. The van der Waals surface area contributed by atoms with Crippen molar-refractivity contribution in [2.24, 2.45) is 0 Å². The molecule has 1 fully saturated rings. The molecule has 0 unspecified atom stereocenters. The number of rotatable bonds is 12. The summed E-state index contributed by atoms with van der Waals surface area (Å²) in [5.41, 5.74) is 9.08. The summed E-state index contributed by atoms with van der Waals surface area (Å²) < 4.78 is 26.7. The lowest BCUT2D eigenvalue weighted by atomic mass is 9.96. The molecule has 0 saturated heterocycles. The van der Waals surface area contributed by atoms with Gasteiger partial charge in [0.25, 0.3) is 5.56 Å². The van der Waals surface area contributed by atoms with E-state index in [1.807, 2.05) is 12.1 Å². The number of benzene rings is 3. The van der Waals surface area contributed by atoms with Crippen LogP contribution in [-0.4, -0.2) is 29.5 Å². The van der Waals surface area contributed by atoms with Crippen LogP contribution in [0.5, 0.6) is 11.5 Å². The highest BCUT2D eigenvalue weighted by Crippen LogP contribution is 2.42. The van der Waals surface area contributed by atoms with Crippen molar-refractivity contribution < 1.29 is 23.5 Å². The number of anilines is 2. The molecule has 3 aromatic carbocycles. The van der Waals surface area contributed by atoms with E-state index in [0.29, 0.717) is 54.7 Å². The number of aromatic nitrogens is 1. The smallest absolute Gasteiger partial charge is 0.310 e. The summed E-state index contributed by atoms with van der Waals surface area (Å²) in [6, 6.07) is 19.6. The second-order valence-electron chi connectivity index (χ2n) is 11.3. The van der Waals surface area contributed by atoms with Crippen molar-refractivity contribution in [1.29, 1.82) is 0 Å². The van der Waals surface area contributed by atoms with Crippen molar-refractivity contribution in [2.45, 2.75) is 58.3 Å². The number of hydrogen-bond acceptors (Lipinski definition) is 7. The molecule has 0 amide bonds. The molecule has 1 aliphatic carbocycles. The number of nitrogens with one attached hydrogen (secondary N) is 1. The van der Waals surface area contributed by atoms with Crippen LogP contribution in [0, 0.1) is 12.7 Å². The van der Waals surface area contributed by atoms with Gasteiger partial charge >= 0.3 is 5.97 Å². The maximum atomic E-state index is 13.7. The van der Waals surface area contributed by atoms with E-state index < -0.39 is 11.6 Å². The number of ketones is 1. The van der Waals surface area contributed by atoms with Crippen molar-refractivity contribution in [1.82, 2.24) is 4.57 Å². The van der Waals surface area contributed by atoms with E-state index in [0.717, 1.165) is 24.1 Å². The van der Waals surface area contributed by atoms with Gasteiger partial charge in [-0.25, -0.2) is 4.39 Å². The standard InChI is InChI=1S/C36H38FN3O5/c1-3-33(42)45-35-28(24-8-4-5-9-24)10-6-11-31(35)39-20-7-21-44-27-15-13-26(14-16-27)40-32(41)19-17-29(36(40)38)34(43)25-12-18-30(37)23(2)22-25/h6,10-19,22,24,39H,3-5,7-9,20-21,38H2,1-2H3. The van der Waals surface area contributed by atoms with Crippen LogP contribution < -0.4 is 26.1 Å². The molecule has 1 aromatic heterocycles. The molecule has 8 nitrogen and oxygen atoms in total. The van der Waals surface area contributed by atoms with Gasteiger partial charge in [-0.1, -0.05) is 31.9 Å². The Bertz CT molecular complexity index is 1740. The molecule has 0 aliphatic heterocycles. The zero-order valence-electron chi connectivity index (χ0n) is 25.6. The van der Waals surface area contributed by atoms with E-state index in [1.165, 1.54) is 47.7 Å². The molecule has 45 heavy (non-hydrogen) atoms. The minimum absolute atomic E-state index is 0.00444. The Kier molecular flexibility index (Phi) is 9.97. The number of nitrogens with two attached hydrogens (primary N) is 1. The number of para-hydroxylation sites is 1. The Morgan fingerprint density at radius 2 is 1.78 bits per heavy atom. The lowest BCUT2D eigenvalue weighted by molar-refractivity contribution is -0.134. The van der Waals surface area contributed by atoms with Crippen molar-refractivity contribution >= 4 is 23.3 Å². The number of nitrogen functional groups attached to an aromatic ring is 1. The predicted octanol–water partition coefficient (Wildman–Crippen LogP) is 6.95. The van der Waals surface area contributed by atoms with Gasteiger partial charge in [0.2, 0.25) is 0 Å². The number of carbonyl (C=O) groups excluding carboxylic acids is 2. The molecular weight excluding hydrogens is 573 g/mol. The average molecular weight is 612 g/mol. The Morgan fingerprint density at radius 3 is 2.49 bits per heavy atom. The lowest BCUT2D eigenvalue weighted by Crippen LogP contribution is -2.23. The summed E-state index contributed by atoms with van der Waals surface area (Å²) >= 11 is 0. The summed E-state index contributed by atoms with van der Waals surface area (Å²) in [5, 5.41) is 3.41. The van der Waals surface area contributed by atoms with Crippen LogP contribution >= 0.6 is 0 Å². The summed E-state index contributed by atoms with van der Waals surface area (Å²) in [7, 11) is 0. The minimum atomic E-state index is -0.406. The third-order valence-electron chi connectivity index (χ3n) is 8.14. The first-order chi connectivity index (χ1) is 21.8. The van der Waals surface area contributed by atoms with Gasteiger partial charge < -0.3 is 20.5 Å². The summed E-state index contributed by atoms with van der Waals surface area (Å²) in [4.78, 5) is 38.1. The van der Waals surface area contributed by atoms with Crippen molar-refractivity contribution in [3.8, 4) is 17.2 Å². The molecule has 1 aliphatic rings. The van der Waals surface area contributed by atoms with E-state index in [2.05, 4.69) is 11.4 Å². The molecule has 1 saturated carbocycles. The normalized spacial score (nSPS) is 13.0. The van der Waals surface area contributed by atoms with Gasteiger partial charge in [0, 0.05) is 30.2 Å². The van der Waals surface area contributed by atoms with Crippen LogP contribution in [0.1, 0.15) is 78.4 Å². The number of hydrogen-bond donors (Lipinski definition) is 2. The van der Waals surface area contributed by atoms with Gasteiger partial charge in [-0.2, -0.15) is 0 Å². The maximum Gasteiger partial charge on any atom is 0.310 e. The van der Waals surface area contributed by atoms with E-state index in [4.69, 9.17) is 15.2 Å². The Morgan fingerprint density at radius 1 is 1.02 bits per heavy atom. The number of ether oxygens (including phenoxy) is 2. The van der Waals surface area contributed by atoms with Crippen LogP contribution in [0.15, 0.2) is 77.6 Å². The van der Waals surface area contributed by atoms with Crippen LogP contribution in [0.25, 0.3) is 5.69 Å². The zero-order chi connectivity index (χ0) is 31.9. The Balaban J connectivity index is 1.21. The molecule has 0 atom stereocenters.